The molecule has 0 aliphatic carbocycles. The molecule has 1 aromatic carbocycles. The maximum Gasteiger partial charge on any atom is 0.0740 e. The molecule has 3 N–H and O–H groups in total. The molecule has 0 aliphatic heterocycles. The van der Waals surface area contributed by atoms with Gasteiger partial charge in [0.15, 0.2) is 0 Å². The van der Waals surface area contributed by atoms with E-state index in [0.717, 1.165) is 18.5 Å². The first-order valence-electron chi connectivity index (χ1n) is 6.70. The number of nitrogens with two attached hydrogens (primary N) is 1. The van der Waals surface area contributed by atoms with E-state index in [-0.39, 0.29) is 6.04 Å². The lowest BCUT2D eigenvalue weighted by Crippen LogP contribution is -2.28. The molecule has 0 fully saturated rings. The van der Waals surface area contributed by atoms with E-state index < -0.39 is 0 Å². The van der Waals surface area contributed by atoms with E-state index in [0.29, 0.717) is 0 Å². The standard InChI is InChI=1S/C15H22N4/c1-4-5-19-10-14(9-17-19)15(18-16)13-7-11(2)6-12(3)8-13/h6-10,15,18H,4-5,16H2,1-3H3. The molecule has 102 valence electrons. The molecule has 4 heteroatoms. The molecule has 1 aromatic heterocycles. The summed E-state index contributed by atoms with van der Waals surface area (Å²) in [5, 5.41) is 4.37. The van der Waals surface area contributed by atoms with Gasteiger partial charge in [0, 0.05) is 18.3 Å². The highest BCUT2D eigenvalue weighted by atomic mass is 15.3. The van der Waals surface area contributed by atoms with Crippen molar-refractivity contribution in [3.63, 3.8) is 0 Å². The molecule has 4 nitrogen and oxygen atoms in total. The molecular formula is C15H22N4. The summed E-state index contributed by atoms with van der Waals surface area (Å²) in [6, 6.07) is 6.48. The van der Waals surface area contributed by atoms with Crippen LogP contribution in [0.1, 0.15) is 41.6 Å². The first-order valence-corrected chi connectivity index (χ1v) is 6.70. The van der Waals surface area contributed by atoms with Crippen molar-refractivity contribution in [1.82, 2.24) is 15.2 Å². The molecule has 1 atom stereocenters. The number of hydrazine groups is 1. The van der Waals surface area contributed by atoms with Crippen molar-refractivity contribution in [1.29, 1.82) is 0 Å². The third kappa shape index (κ3) is 3.22. The fraction of sp³-hybridized carbons (Fsp3) is 0.400. The van der Waals surface area contributed by atoms with Crippen molar-refractivity contribution in [2.45, 2.75) is 39.8 Å². The Morgan fingerprint density at radius 1 is 1.21 bits per heavy atom. The number of benzene rings is 1. The van der Waals surface area contributed by atoms with Crippen molar-refractivity contribution in [2.75, 3.05) is 0 Å². The number of nitrogens with one attached hydrogen (secondary N) is 1. The first kappa shape index (κ1) is 13.8. The molecule has 0 saturated heterocycles. The lowest BCUT2D eigenvalue weighted by molar-refractivity contribution is 0.598. The maximum absolute atomic E-state index is 5.73. The molecule has 19 heavy (non-hydrogen) atoms. The lowest BCUT2D eigenvalue weighted by atomic mass is 9.98. The Morgan fingerprint density at radius 3 is 2.47 bits per heavy atom. The summed E-state index contributed by atoms with van der Waals surface area (Å²) in [5.74, 6) is 5.73. The zero-order valence-corrected chi connectivity index (χ0v) is 11.9. The van der Waals surface area contributed by atoms with E-state index >= 15 is 0 Å². The van der Waals surface area contributed by atoms with E-state index in [2.05, 4.69) is 55.7 Å². The van der Waals surface area contributed by atoms with E-state index in [4.69, 9.17) is 5.84 Å². The minimum absolute atomic E-state index is 0.00999. The number of rotatable bonds is 5. The highest BCUT2D eigenvalue weighted by molar-refractivity contribution is 5.35. The Labute approximate surface area is 114 Å². The monoisotopic (exact) mass is 258 g/mol. The third-order valence-corrected chi connectivity index (χ3v) is 3.18. The van der Waals surface area contributed by atoms with E-state index in [1.165, 1.54) is 16.7 Å². The summed E-state index contributed by atoms with van der Waals surface area (Å²) in [6.07, 6.45) is 5.02. The van der Waals surface area contributed by atoms with Crippen LogP contribution in [0.25, 0.3) is 0 Å². The van der Waals surface area contributed by atoms with Crippen molar-refractivity contribution in [2.24, 2.45) is 5.84 Å². The number of hydrogen-bond donors (Lipinski definition) is 2. The summed E-state index contributed by atoms with van der Waals surface area (Å²) in [5.41, 5.74) is 7.66. The summed E-state index contributed by atoms with van der Waals surface area (Å²) in [4.78, 5) is 0. The Balaban J connectivity index is 2.32. The van der Waals surface area contributed by atoms with E-state index in [1.54, 1.807) is 0 Å². The minimum Gasteiger partial charge on any atom is -0.272 e. The smallest absolute Gasteiger partial charge is 0.0740 e. The van der Waals surface area contributed by atoms with Crippen LogP contribution in [-0.4, -0.2) is 9.78 Å². The molecule has 2 rings (SSSR count). The van der Waals surface area contributed by atoms with Gasteiger partial charge in [-0.3, -0.25) is 10.5 Å². The summed E-state index contributed by atoms with van der Waals surface area (Å²) in [7, 11) is 0. The van der Waals surface area contributed by atoms with Crippen molar-refractivity contribution in [3.8, 4) is 0 Å². The molecule has 0 bridgehead atoms. The van der Waals surface area contributed by atoms with Gasteiger partial charge in [0.1, 0.15) is 0 Å². The van der Waals surface area contributed by atoms with Crippen LogP contribution >= 0.6 is 0 Å². The van der Waals surface area contributed by atoms with Crippen LogP contribution in [0.3, 0.4) is 0 Å². The second kappa shape index (κ2) is 5.99. The number of aryl methyl sites for hydroxylation is 3. The zero-order valence-electron chi connectivity index (χ0n) is 11.9. The second-order valence-electron chi connectivity index (χ2n) is 5.06. The van der Waals surface area contributed by atoms with Crippen LogP contribution in [0.15, 0.2) is 30.6 Å². The fourth-order valence-electron chi connectivity index (χ4n) is 2.44. The highest BCUT2D eigenvalue weighted by Gasteiger charge is 2.15. The highest BCUT2D eigenvalue weighted by Crippen LogP contribution is 2.23. The largest absolute Gasteiger partial charge is 0.272 e. The topological polar surface area (TPSA) is 55.9 Å². The molecular weight excluding hydrogens is 236 g/mol. The van der Waals surface area contributed by atoms with Gasteiger partial charge in [-0.2, -0.15) is 5.10 Å². The van der Waals surface area contributed by atoms with Crippen LogP contribution in [0.2, 0.25) is 0 Å². The van der Waals surface area contributed by atoms with Gasteiger partial charge in [0.05, 0.1) is 12.2 Å². The fourth-order valence-corrected chi connectivity index (χ4v) is 2.44. The van der Waals surface area contributed by atoms with E-state index in [1.807, 2.05) is 10.9 Å². The maximum atomic E-state index is 5.73. The molecule has 2 aromatic rings. The molecule has 1 heterocycles. The van der Waals surface area contributed by atoms with Gasteiger partial charge in [-0.05, 0) is 25.8 Å². The van der Waals surface area contributed by atoms with Gasteiger partial charge >= 0.3 is 0 Å². The van der Waals surface area contributed by atoms with Gasteiger partial charge < -0.3 is 0 Å². The molecule has 0 spiro atoms. The quantitative estimate of drug-likeness (QED) is 0.640. The van der Waals surface area contributed by atoms with Crippen LogP contribution < -0.4 is 11.3 Å². The van der Waals surface area contributed by atoms with Crippen LogP contribution in [0.5, 0.6) is 0 Å². The molecule has 0 saturated carbocycles. The number of aromatic nitrogens is 2. The Morgan fingerprint density at radius 2 is 1.89 bits per heavy atom. The first-order chi connectivity index (χ1) is 9.13. The predicted molar refractivity (Wildman–Crippen MR) is 77.6 cm³/mol. The van der Waals surface area contributed by atoms with Gasteiger partial charge in [-0.25, -0.2) is 5.43 Å². The summed E-state index contributed by atoms with van der Waals surface area (Å²) >= 11 is 0. The molecule has 1 unspecified atom stereocenters. The lowest BCUT2D eigenvalue weighted by Gasteiger charge is -2.16. The molecule has 0 radical (unpaired) electrons. The summed E-state index contributed by atoms with van der Waals surface area (Å²) < 4.78 is 1.96. The number of nitrogens with zero attached hydrogens (tertiary/aromatic N) is 2. The Hall–Kier alpha value is -1.65. The van der Waals surface area contributed by atoms with Crippen molar-refractivity contribution < 1.29 is 0 Å². The zero-order chi connectivity index (χ0) is 13.8. The van der Waals surface area contributed by atoms with Crippen LogP contribution in [-0.2, 0) is 6.54 Å². The van der Waals surface area contributed by atoms with E-state index in [9.17, 15) is 0 Å². The van der Waals surface area contributed by atoms with Gasteiger partial charge in [0.2, 0.25) is 0 Å². The van der Waals surface area contributed by atoms with Gasteiger partial charge in [0.25, 0.3) is 0 Å². The average molecular weight is 258 g/mol. The van der Waals surface area contributed by atoms with Crippen LogP contribution in [0.4, 0.5) is 0 Å². The predicted octanol–water partition coefficient (Wildman–Crippen LogP) is 2.46. The minimum atomic E-state index is -0.00999. The second-order valence-corrected chi connectivity index (χ2v) is 5.06. The average Bonchev–Trinajstić information content (AvgIpc) is 2.78. The molecule has 0 aliphatic rings. The summed E-state index contributed by atoms with van der Waals surface area (Å²) in [6.45, 7) is 7.28. The normalized spacial score (nSPS) is 12.6. The van der Waals surface area contributed by atoms with Crippen LogP contribution in [0, 0.1) is 13.8 Å². The van der Waals surface area contributed by atoms with Crippen molar-refractivity contribution in [3.05, 3.63) is 52.8 Å². The van der Waals surface area contributed by atoms with Crippen molar-refractivity contribution >= 4 is 0 Å². The van der Waals surface area contributed by atoms with Gasteiger partial charge in [-0.1, -0.05) is 36.2 Å². The Bertz CT molecular complexity index is 525. The molecule has 0 amide bonds. The Kier molecular flexibility index (Phi) is 4.35. The SMILES string of the molecule is CCCn1cc(C(NN)c2cc(C)cc(C)c2)cn1. The van der Waals surface area contributed by atoms with Gasteiger partial charge in [-0.15, -0.1) is 0 Å². The third-order valence-electron chi connectivity index (χ3n) is 3.18. The number of hydrogen-bond acceptors (Lipinski definition) is 3.